The molecule has 1 aromatic rings. The predicted molar refractivity (Wildman–Crippen MR) is 81.5 cm³/mol. The van der Waals surface area contributed by atoms with Crippen LogP contribution >= 0.6 is 0 Å². The zero-order chi connectivity index (χ0) is 13.8. The van der Waals surface area contributed by atoms with Crippen LogP contribution in [-0.2, 0) is 13.1 Å². The minimum absolute atomic E-state index is 0.726. The van der Waals surface area contributed by atoms with Crippen molar-refractivity contribution in [1.29, 1.82) is 0 Å². The lowest BCUT2D eigenvalue weighted by Crippen LogP contribution is -2.44. The molecule has 112 valence electrons. The smallest absolute Gasteiger partial charge is 0.122 e. The minimum Gasteiger partial charge on any atom is -0.333 e. The summed E-state index contributed by atoms with van der Waals surface area (Å²) in [5.41, 5.74) is 0. The van der Waals surface area contributed by atoms with Crippen molar-refractivity contribution in [3.8, 4) is 0 Å². The molecule has 1 N–H and O–H groups in total. The molecular weight excluding hydrogens is 248 g/mol. The van der Waals surface area contributed by atoms with Gasteiger partial charge in [-0.15, -0.1) is 0 Å². The molecule has 4 nitrogen and oxygen atoms in total. The Kier molecular flexibility index (Phi) is 4.73. The molecule has 2 heterocycles. The van der Waals surface area contributed by atoms with Gasteiger partial charge in [-0.3, -0.25) is 4.90 Å². The highest BCUT2D eigenvalue weighted by molar-refractivity contribution is 4.96. The van der Waals surface area contributed by atoms with Crippen molar-refractivity contribution >= 4 is 0 Å². The Labute approximate surface area is 122 Å². The molecule has 3 rings (SSSR count). The van der Waals surface area contributed by atoms with E-state index in [0.29, 0.717) is 0 Å². The van der Waals surface area contributed by atoms with Gasteiger partial charge >= 0.3 is 0 Å². The number of rotatable bonds is 4. The molecule has 2 atom stereocenters. The number of nitrogens with one attached hydrogen (secondary N) is 1. The summed E-state index contributed by atoms with van der Waals surface area (Å²) in [6.45, 7) is 7.89. The van der Waals surface area contributed by atoms with Gasteiger partial charge in [0.15, 0.2) is 0 Å². The van der Waals surface area contributed by atoms with Gasteiger partial charge in [0.2, 0.25) is 0 Å². The summed E-state index contributed by atoms with van der Waals surface area (Å²) in [6, 6.07) is 0.726. The van der Waals surface area contributed by atoms with E-state index in [4.69, 9.17) is 0 Å². The first-order valence-electron chi connectivity index (χ1n) is 8.32. The van der Waals surface area contributed by atoms with Gasteiger partial charge in [-0.2, -0.15) is 0 Å². The molecule has 0 spiro atoms. The van der Waals surface area contributed by atoms with Gasteiger partial charge in [0.05, 0.1) is 6.54 Å². The molecule has 0 aromatic carbocycles. The number of hydrogen-bond acceptors (Lipinski definition) is 3. The zero-order valence-corrected chi connectivity index (χ0v) is 12.7. The number of imidazole rings is 1. The van der Waals surface area contributed by atoms with Crippen LogP contribution in [0.1, 0.15) is 44.9 Å². The molecule has 0 saturated heterocycles. The van der Waals surface area contributed by atoms with Gasteiger partial charge < -0.3 is 9.88 Å². The molecule has 1 fully saturated rings. The maximum absolute atomic E-state index is 4.48. The maximum Gasteiger partial charge on any atom is 0.122 e. The van der Waals surface area contributed by atoms with Crippen LogP contribution in [0.5, 0.6) is 0 Å². The first kappa shape index (κ1) is 14.1. The lowest BCUT2D eigenvalue weighted by Gasteiger charge is -2.34. The second-order valence-electron chi connectivity index (χ2n) is 6.33. The van der Waals surface area contributed by atoms with Crippen LogP contribution in [-0.4, -0.2) is 40.1 Å². The number of hydrogen-bond donors (Lipinski definition) is 1. The monoisotopic (exact) mass is 276 g/mol. The summed E-state index contributed by atoms with van der Waals surface area (Å²) >= 11 is 0. The van der Waals surface area contributed by atoms with Crippen LogP contribution < -0.4 is 5.32 Å². The molecule has 1 aliphatic heterocycles. The van der Waals surface area contributed by atoms with Crippen molar-refractivity contribution in [1.82, 2.24) is 19.8 Å². The molecule has 4 heteroatoms. The summed E-state index contributed by atoms with van der Waals surface area (Å²) in [5.74, 6) is 2.06. The molecule has 1 aromatic heterocycles. The lowest BCUT2D eigenvalue weighted by atomic mass is 9.93. The average molecular weight is 276 g/mol. The fraction of sp³-hybridized carbons (Fsp3) is 0.812. The van der Waals surface area contributed by atoms with Crippen LogP contribution in [0.25, 0.3) is 0 Å². The number of nitrogens with zero attached hydrogens (tertiary/aromatic N) is 3. The summed E-state index contributed by atoms with van der Waals surface area (Å²) in [6.07, 6.45) is 11.0. The van der Waals surface area contributed by atoms with Crippen LogP contribution in [0.3, 0.4) is 0 Å². The highest BCUT2D eigenvalue weighted by Crippen LogP contribution is 2.25. The Morgan fingerprint density at radius 3 is 3.05 bits per heavy atom. The van der Waals surface area contributed by atoms with E-state index in [1.54, 1.807) is 0 Å². The fourth-order valence-electron chi connectivity index (χ4n) is 3.84. The molecular formula is C16H28N4. The van der Waals surface area contributed by atoms with Gasteiger partial charge in [-0.05, 0) is 25.3 Å². The van der Waals surface area contributed by atoms with Crippen molar-refractivity contribution in [2.45, 2.75) is 58.2 Å². The first-order valence-corrected chi connectivity index (χ1v) is 8.32. The summed E-state index contributed by atoms with van der Waals surface area (Å²) in [7, 11) is 0. The standard InChI is InChI=1S/C16H28N4/c1-2-17-15-7-5-3-4-6-14(15)12-19-10-11-20-9-8-18-16(20)13-19/h8-9,14-15,17H,2-7,10-13H2,1H3. The Morgan fingerprint density at radius 1 is 1.25 bits per heavy atom. The maximum atomic E-state index is 4.48. The van der Waals surface area contributed by atoms with Gasteiger partial charge in [-0.25, -0.2) is 4.98 Å². The predicted octanol–water partition coefficient (Wildman–Crippen LogP) is 2.26. The number of aromatic nitrogens is 2. The Hall–Kier alpha value is -0.870. The molecule has 20 heavy (non-hydrogen) atoms. The van der Waals surface area contributed by atoms with Crippen molar-refractivity contribution in [2.24, 2.45) is 5.92 Å². The SMILES string of the molecule is CCNC1CCCCCC1CN1CCn2ccnc2C1. The second kappa shape index (κ2) is 6.72. The Balaban J connectivity index is 1.60. The van der Waals surface area contributed by atoms with E-state index >= 15 is 0 Å². The van der Waals surface area contributed by atoms with E-state index in [9.17, 15) is 0 Å². The van der Waals surface area contributed by atoms with Crippen molar-refractivity contribution in [2.75, 3.05) is 19.6 Å². The third-order valence-electron chi connectivity index (χ3n) is 4.94. The first-order chi connectivity index (χ1) is 9.86. The topological polar surface area (TPSA) is 33.1 Å². The molecule has 1 saturated carbocycles. The van der Waals surface area contributed by atoms with Crippen LogP contribution in [0.2, 0.25) is 0 Å². The number of fused-ring (bicyclic) bond motifs is 1. The Bertz CT molecular complexity index is 414. The largest absolute Gasteiger partial charge is 0.333 e. The molecule has 2 aliphatic rings. The zero-order valence-electron chi connectivity index (χ0n) is 12.7. The third-order valence-corrected chi connectivity index (χ3v) is 4.94. The van der Waals surface area contributed by atoms with E-state index in [2.05, 4.69) is 32.9 Å². The molecule has 1 aliphatic carbocycles. The van der Waals surface area contributed by atoms with Crippen LogP contribution in [0.15, 0.2) is 12.4 Å². The van der Waals surface area contributed by atoms with E-state index in [1.165, 1.54) is 51.0 Å². The van der Waals surface area contributed by atoms with Gasteiger partial charge in [0.25, 0.3) is 0 Å². The fourth-order valence-corrected chi connectivity index (χ4v) is 3.84. The van der Waals surface area contributed by atoms with E-state index in [-0.39, 0.29) is 0 Å². The van der Waals surface area contributed by atoms with Crippen LogP contribution in [0.4, 0.5) is 0 Å². The van der Waals surface area contributed by atoms with Crippen molar-refractivity contribution in [3.05, 3.63) is 18.2 Å². The molecule has 0 radical (unpaired) electrons. The summed E-state index contributed by atoms with van der Waals surface area (Å²) in [4.78, 5) is 7.09. The van der Waals surface area contributed by atoms with Gasteiger partial charge in [0, 0.05) is 38.1 Å². The Morgan fingerprint density at radius 2 is 2.15 bits per heavy atom. The molecule has 2 unspecified atom stereocenters. The quantitative estimate of drug-likeness (QED) is 0.856. The normalized spacial score (nSPS) is 28.1. The summed E-state index contributed by atoms with van der Waals surface area (Å²) < 4.78 is 2.30. The third kappa shape index (κ3) is 3.23. The van der Waals surface area contributed by atoms with E-state index < -0.39 is 0 Å². The molecule has 0 amide bonds. The van der Waals surface area contributed by atoms with E-state index in [1.807, 2.05) is 6.20 Å². The average Bonchev–Trinajstić information content (AvgIpc) is 2.82. The second-order valence-corrected chi connectivity index (χ2v) is 6.33. The lowest BCUT2D eigenvalue weighted by molar-refractivity contribution is 0.160. The van der Waals surface area contributed by atoms with Gasteiger partial charge in [-0.1, -0.05) is 26.2 Å². The minimum atomic E-state index is 0.726. The van der Waals surface area contributed by atoms with Crippen molar-refractivity contribution in [3.63, 3.8) is 0 Å². The highest BCUT2D eigenvalue weighted by atomic mass is 15.2. The van der Waals surface area contributed by atoms with E-state index in [0.717, 1.165) is 31.6 Å². The highest BCUT2D eigenvalue weighted by Gasteiger charge is 2.26. The van der Waals surface area contributed by atoms with Crippen molar-refractivity contribution < 1.29 is 0 Å². The van der Waals surface area contributed by atoms with Crippen LogP contribution in [0, 0.1) is 5.92 Å². The summed E-state index contributed by atoms with van der Waals surface area (Å²) in [5, 5.41) is 3.73. The van der Waals surface area contributed by atoms with Gasteiger partial charge in [0.1, 0.15) is 5.82 Å². The molecule has 0 bridgehead atoms.